The zero-order chi connectivity index (χ0) is 16.6. The molecule has 0 bridgehead atoms. The van der Waals surface area contributed by atoms with Crippen molar-refractivity contribution < 1.29 is 14.3 Å². The molecule has 5 nitrogen and oxygen atoms in total. The van der Waals surface area contributed by atoms with Crippen molar-refractivity contribution in [1.82, 2.24) is 10.2 Å². The summed E-state index contributed by atoms with van der Waals surface area (Å²) >= 11 is 0. The Hall–Kier alpha value is -1.10. The van der Waals surface area contributed by atoms with E-state index in [1.165, 1.54) is 0 Å². The van der Waals surface area contributed by atoms with Crippen LogP contribution in [0, 0.1) is 11.3 Å². The summed E-state index contributed by atoms with van der Waals surface area (Å²) in [5.74, 6) is 0.382. The van der Waals surface area contributed by atoms with E-state index in [0.29, 0.717) is 26.1 Å². The maximum Gasteiger partial charge on any atom is 0.223 e. The van der Waals surface area contributed by atoms with Crippen molar-refractivity contribution in [3.05, 3.63) is 0 Å². The standard InChI is InChI=1S/C17H32N2O3/c1-5-15(20)19-11-7-14(8-12-19)16(21)18-10-9-17(3,6-2)13-22-4/h14H,5-13H2,1-4H3,(H,18,21). The fourth-order valence-corrected chi connectivity index (χ4v) is 2.95. The van der Waals surface area contributed by atoms with Crippen molar-refractivity contribution >= 4 is 11.8 Å². The van der Waals surface area contributed by atoms with E-state index in [9.17, 15) is 9.59 Å². The third-order valence-electron chi connectivity index (χ3n) is 4.90. The van der Waals surface area contributed by atoms with Gasteiger partial charge in [-0.2, -0.15) is 0 Å². The number of rotatable bonds is 8. The summed E-state index contributed by atoms with van der Waals surface area (Å²) in [7, 11) is 1.72. The Labute approximate surface area is 134 Å². The molecule has 1 fully saturated rings. The molecule has 2 amide bonds. The zero-order valence-electron chi connectivity index (χ0n) is 14.6. The first-order valence-corrected chi connectivity index (χ1v) is 8.50. The first-order chi connectivity index (χ1) is 10.5. The molecular formula is C17H32N2O3. The van der Waals surface area contributed by atoms with Gasteiger partial charge in [-0.05, 0) is 31.1 Å². The van der Waals surface area contributed by atoms with Crippen LogP contribution < -0.4 is 5.32 Å². The van der Waals surface area contributed by atoms with Crippen LogP contribution in [0.3, 0.4) is 0 Å². The lowest BCUT2D eigenvalue weighted by Crippen LogP contribution is -2.43. The minimum absolute atomic E-state index is 0.0520. The van der Waals surface area contributed by atoms with Gasteiger partial charge in [-0.3, -0.25) is 9.59 Å². The van der Waals surface area contributed by atoms with Crippen LogP contribution in [0.5, 0.6) is 0 Å². The quantitative estimate of drug-likeness (QED) is 0.747. The van der Waals surface area contributed by atoms with Gasteiger partial charge in [0.25, 0.3) is 0 Å². The Morgan fingerprint density at radius 1 is 1.27 bits per heavy atom. The molecule has 0 aromatic heterocycles. The minimum atomic E-state index is 0.0520. The number of likely N-dealkylation sites (tertiary alicyclic amines) is 1. The maximum atomic E-state index is 12.2. The van der Waals surface area contributed by atoms with Gasteiger partial charge in [0.05, 0.1) is 6.61 Å². The van der Waals surface area contributed by atoms with E-state index in [-0.39, 0.29) is 23.1 Å². The Morgan fingerprint density at radius 2 is 1.91 bits per heavy atom. The van der Waals surface area contributed by atoms with Gasteiger partial charge in [0.1, 0.15) is 0 Å². The van der Waals surface area contributed by atoms with E-state index < -0.39 is 0 Å². The number of amides is 2. The van der Waals surface area contributed by atoms with E-state index >= 15 is 0 Å². The summed E-state index contributed by atoms with van der Waals surface area (Å²) in [4.78, 5) is 25.7. The summed E-state index contributed by atoms with van der Waals surface area (Å²) in [5.41, 5.74) is 0.124. The second-order valence-corrected chi connectivity index (χ2v) is 6.65. The van der Waals surface area contributed by atoms with Gasteiger partial charge >= 0.3 is 0 Å². The van der Waals surface area contributed by atoms with Crippen molar-refractivity contribution in [3.63, 3.8) is 0 Å². The molecule has 1 rings (SSSR count). The van der Waals surface area contributed by atoms with Crippen molar-refractivity contribution in [2.75, 3.05) is 33.4 Å². The highest BCUT2D eigenvalue weighted by Crippen LogP contribution is 2.25. The van der Waals surface area contributed by atoms with Gasteiger partial charge in [-0.25, -0.2) is 0 Å². The average Bonchev–Trinajstić information content (AvgIpc) is 2.54. The summed E-state index contributed by atoms with van der Waals surface area (Å²) in [6.45, 7) is 9.06. The smallest absolute Gasteiger partial charge is 0.223 e. The summed E-state index contributed by atoms with van der Waals surface area (Å²) in [6, 6.07) is 0. The van der Waals surface area contributed by atoms with Crippen LogP contribution in [0.4, 0.5) is 0 Å². The Balaban J connectivity index is 2.31. The van der Waals surface area contributed by atoms with E-state index in [0.717, 1.165) is 32.3 Å². The van der Waals surface area contributed by atoms with Crippen LogP contribution in [0.2, 0.25) is 0 Å². The average molecular weight is 312 g/mol. The predicted molar refractivity (Wildman–Crippen MR) is 87.5 cm³/mol. The van der Waals surface area contributed by atoms with Crippen molar-refractivity contribution in [3.8, 4) is 0 Å². The molecule has 0 radical (unpaired) electrons. The molecule has 1 aliphatic heterocycles. The fraction of sp³-hybridized carbons (Fsp3) is 0.882. The number of methoxy groups -OCH3 is 1. The van der Waals surface area contributed by atoms with Gasteiger partial charge < -0.3 is 15.0 Å². The molecule has 1 atom stereocenters. The lowest BCUT2D eigenvalue weighted by molar-refractivity contribution is -0.135. The topological polar surface area (TPSA) is 58.6 Å². The van der Waals surface area contributed by atoms with Gasteiger partial charge in [0.15, 0.2) is 0 Å². The highest BCUT2D eigenvalue weighted by molar-refractivity contribution is 5.80. The highest BCUT2D eigenvalue weighted by Gasteiger charge is 2.27. The number of nitrogens with zero attached hydrogens (tertiary/aromatic N) is 1. The number of hydrogen-bond donors (Lipinski definition) is 1. The number of carbonyl (C=O) groups excluding carboxylic acids is 2. The molecule has 1 unspecified atom stereocenters. The molecule has 0 aliphatic carbocycles. The normalized spacial score (nSPS) is 18.8. The summed E-state index contributed by atoms with van der Waals surface area (Å²) < 4.78 is 5.27. The van der Waals surface area contributed by atoms with Crippen LogP contribution in [0.25, 0.3) is 0 Å². The van der Waals surface area contributed by atoms with Crippen LogP contribution in [-0.2, 0) is 14.3 Å². The molecule has 0 saturated carbocycles. The van der Waals surface area contributed by atoms with Gasteiger partial charge in [-0.1, -0.05) is 20.8 Å². The molecule has 1 N–H and O–H groups in total. The van der Waals surface area contributed by atoms with Gasteiger partial charge in [0, 0.05) is 39.1 Å². The first-order valence-electron chi connectivity index (χ1n) is 8.50. The summed E-state index contributed by atoms with van der Waals surface area (Å²) in [6.07, 6.45) is 4.07. The molecule has 22 heavy (non-hydrogen) atoms. The largest absolute Gasteiger partial charge is 0.384 e. The Morgan fingerprint density at radius 3 is 2.41 bits per heavy atom. The third-order valence-corrected chi connectivity index (χ3v) is 4.90. The van der Waals surface area contributed by atoms with E-state index in [2.05, 4.69) is 19.2 Å². The van der Waals surface area contributed by atoms with Gasteiger partial charge in [-0.15, -0.1) is 0 Å². The lowest BCUT2D eigenvalue weighted by Gasteiger charge is -2.32. The first kappa shape index (κ1) is 18.9. The molecule has 0 spiro atoms. The Bertz CT molecular complexity index is 365. The zero-order valence-corrected chi connectivity index (χ0v) is 14.6. The van der Waals surface area contributed by atoms with Gasteiger partial charge in [0.2, 0.25) is 11.8 Å². The van der Waals surface area contributed by atoms with Crippen molar-refractivity contribution in [2.24, 2.45) is 11.3 Å². The number of nitrogens with one attached hydrogen (secondary N) is 1. The Kier molecular flexibility index (Phi) is 7.87. The van der Waals surface area contributed by atoms with E-state index in [1.807, 2.05) is 11.8 Å². The molecule has 0 aromatic rings. The van der Waals surface area contributed by atoms with E-state index in [4.69, 9.17) is 4.74 Å². The van der Waals surface area contributed by atoms with Crippen molar-refractivity contribution in [1.29, 1.82) is 0 Å². The predicted octanol–water partition coefficient (Wildman–Crippen LogP) is 2.20. The summed E-state index contributed by atoms with van der Waals surface area (Å²) in [5, 5.41) is 3.06. The lowest BCUT2D eigenvalue weighted by atomic mass is 9.85. The molecular weight excluding hydrogens is 280 g/mol. The number of carbonyl (C=O) groups is 2. The van der Waals surface area contributed by atoms with Crippen LogP contribution in [0.15, 0.2) is 0 Å². The van der Waals surface area contributed by atoms with Crippen LogP contribution in [-0.4, -0.2) is 50.1 Å². The van der Waals surface area contributed by atoms with Crippen molar-refractivity contribution in [2.45, 2.75) is 52.9 Å². The number of hydrogen-bond acceptors (Lipinski definition) is 3. The van der Waals surface area contributed by atoms with E-state index in [1.54, 1.807) is 7.11 Å². The molecule has 1 saturated heterocycles. The maximum absolute atomic E-state index is 12.2. The second-order valence-electron chi connectivity index (χ2n) is 6.65. The second kappa shape index (κ2) is 9.13. The number of ether oxygens (including phenoxy) is 1. The van der Waals surface area contributed by atoms with Crippen LogP contribution in [0.1, 0.15) is 52.9 Å². The minimum Gasteiger partial charge on any atom is -0.384 e. The molecule has 1 heterocycles. The third kappa shape index (κ3) is 5.59. The highest BCUT2D eigenvalue weighted by atomic mass is 16.5. The SMILES string of the molecule is CCC(=O)N1CCC(C(=O)NCCC(C)(CC)COC)CC1. The fourth-order valence-electron chi connectivity index (χ4n) is 2.95. The molecule has 1 aliphatic rings. The molecule has 128 valence electrons. The number of piperidine rings is 1. The molecule has 0 aromatic carbocycles. The molecule has 5 heteroatoms. The van der Waals surface area contributed by atoms with Crippen LogP contribution >= 0.6 is 0 Å². The monoisotopic (exact) mass is 312 g/mol.